The first-order valence-electron chi connectivity index (χ1n) is 9.85. The summed E-state index contributed by atoms with van der Waals surface area (Å²) in [5.41, 5.74) is -0.699. The molecule has 166 valence electrons. The predicted molar refractivity (Wildman–Crippen MR) is 117 cm³/mol. The third kappa shape index (κ3) is 2.85. The number of rotatable bonds is 3. The third-order valence-corrected chi connectivity index (χ3v) is 6.49. The van der Waals surface area contributed by atoms with Gasteiger partial charge in [0.15, 0.2) is 5.82 Å². The fourth-order valence-electron chi connectivity index (χ4n) is 4.42. The van der Waals surface area contributed by atoms with Crippen molar-refractivity contribution in [1.29, 1.82) is 0 Å². The molecule has 0 radical (unpaired) electrons. The van der Waals surface area contributed by atoms with Gasteiger partial charge in [0.25, 0.3) is 6.43 Å². The van der Waals surface area contributed by atoms with Crippen LogP contribution in [0, 0.1) is 18.6 Å². The van der Waals surface area contributed by atoms with E-state index in [2.05, 4.69) is 15.5 Å². The van der Waals surface area contributed by atoms with Crippen molar-refractivity contribution in [2.24, 2.45) is 0 Å². The Bertz CT molecular complexity index is 1390. The van der Waals surface area contributed by atoms with Gasteiger partial charge >= 0.3 is 0 Å². The second kappa shape index (κ2) is 6.99. The number of anilines is 1. The molecule has 0 aliphatic carbocycles. The van der Waals surface area contributed by atoms with E-state index in [0.717, 1.165) is 6.07 Å². The van der Waals surface area contributed by atoms with Crippen LogP contribution in [0.3, 0.4) is 0 Å². The molecule has 2 aromatic heterocycles. The van der Waals surface area contributed by atoms with Gasteiger partial charge in [-0.2, -0.15) is 0 Å². The number of nitrogens with zero attached hydrogens (tertiary/aromatic N) is 4. The number of aryl methyl sites for hydroxylation is 1. The van der Waals surface area contributed by atoms with Gasteiger partial charge in [-0.3, -0.25) is 8.54 Å². The molecule has 0 saturated heterocycles. The number of hydrogen-bond donors (Lipinski definition) is 1. The topological polar surface area (TPSA) is 47.7 Å². The lowest BCUT2D eigenvalue weighted by molar-refractivity contribution is 0.151. The van der Waals surface area contributed by atoms with Crippen molar-refractivity contribution < 1.29 is 17.6 Å². The fraction of sp³-hybridized carbons (Fsp3) is 0.273. The Morgan fingerprint density at radius 3 is 2.53 bits per heavy atom. The second-order valence-corrected chi connectivity index (χ2v) is 8.97. The zero-order chi connectivity index (χ0) is 22.9. The smallest absolute Gasteiger partial charge is 0.266 e. The van der Waals surface area contributed by atoms with Crippen LogP contribution >= 0.6 is 11.9 Å². The van der Waals surface area contributed by atoms with Crippen molar-refractivity contribution in [2.75, 3.05) is 11.6 Å². The number of alkyl halides is 2. The summed E-state index contributed by atoms with van der Waals surface area (Å²) in [6, 6.07) is 5.27. The summed E-state index contributed by atoms with van der Waals surface area (Å²) in [6.07, 6.45) is 0.580. The first-order chi connectivity index (χ1) is 15.1. The van der Waals surface area contributed by atoms with E-state index in [-0.39, 0.29) is 22.5 Å². The zero-order valence-corrected chi connectivity index (χ0v) is 18.5. The van der Waals surface area contributed by atoms with E-state index >= 15 is 4.39 Å². The van der Waals surface area contributed by atoms with E-state index in [1.54, 1.807) is 37.0 Å². The van der Waals surface area contributed by atoms with Gasteiger partial charge in [0, 0.05) is 17.8 Å². The minimum atomic E-state index is -2.96. The molecule has 3 heterocycles. The van der Waals surface area contributed by atoms with Crippen molar-refractivity contribution >= 4 is 28.5 Å². The maximum absolute atomic E-state index is 15.4. The molecule has 1 N–H and O–H groups in total. The molecule has 5 rings (SSSR count). The molecule has 10 heteroatoms. The van der Waals surface area contributed by atoms with Gasteiger partial charge in [0.1, 0.15) is 17.5 Å². The lowest BCUT2D eigenvalue weighted by atomic mass is 9.91. The number of benzene rings is 2. The van der Waals surface area contributed by atoms with Crippen LogP contribution < -0.4 is 5.32 Å². The van der Waals surface area contributed by atoms with Crippen molar-refractivity contribution in [3.05, 3.63) is 59.3 Å². The Hall–Kier alpha value is -3.01. The monoisotopic (exact) mass is 461 g/mol. The molecule has 0 saturated carbocycles. The molecule has 5 nitrogen and oxygen atoms in total. The molecular weight excluding hydrogens is 442 g/mol. The van der Waals surface area contributed by atoms with Crippen molar-refractivity contribution in [2.45, 2.75) is 32.7 Å². The van der Waals surface area contributed by atoms with E-state index in [0.29, 0.717) is 22.6 Å². The SMILES string of the molecule is CSn1ccc2c(-c3cc(F)c4c(c3C(F)F)-n3c(C)nnc3C(C)(C)N4)cc(F)cc21. The van der Waals surface area contributed by atoms with Gasteiger partial charge in [-0.05, 0) is 68.1 Å². The largest absolute Gasteiger partial charge is 0.369 e. The second-order valence-electron chi connectivity index (χ2n) is 8.21. The van der Waals surface area contributed by atoms with E-state index in [4.69, 9.17) is 0 Å². The Balaban J connectivity index is 1.91. The Labute approximate surface area is 185 Å². The normalized spacial score (nSPS) is 14.5. The molecule has 0 bridgehead atoms. The maximum atomic E-state index is 15.4. The van der Waals surface area contributed by atoms with E-state index in [9.17, 15) is 13.2 Å². The summed E-state index contributed by atoms with van der Waals surface area (Å²) >= 11 is 1.34. The summed E-state index contributed by atoms with van der Waals surface area (Å²) in [4.78, 5) is 0. The maximum Gasteiger partial charge on any atom is 0.266 e. The first-order valence-corrected chi connectivity index (χ1v) is 11.0. The van der Waals surface area contributed by atoms with Crippen LogP contribution in [0.1, 0.15) is 37.5 Å². The molecule has 1 aliphatic heterocycles. The van der Waals surface area contributed by atoms with E-state index in [1.165, 1.54) is 28.6 Å². The van der Waals surface area contributed by atoms with Gasteiger partial charge in [-0.1, -0.05) is 0 Å². The highest BCUT2D eigenvalue weighted by Crippen LogP contribution is 2.47. The highest BCUT2D eigenvalue weighted by Gasteiger charge is 2.39. The van der Waals surface area contributed by atoms with Crippen LogP contribution in [0.15, 0.2) is 30.5 Å². The quantitative estimate of drug-likeness (QED) is 0.369. The average molecular weight is 461 g/mol. The summed E-state index contributed by atoms with van der Waals surface area (Å²) in [5, 5.41) is 11.7. The van der Waals surface area contributed by atoms with Crippen LogP contribution in [0.4, 0.5) is 23.2 Å². The Morgan fingerprint density at radius 2 is 1.84 bits per heavy atom. The first kappa shape index (κ1) is 20.9. The molecule has 1 aliphatic rings. The Kier molecular flexibility index (Phi) is 4.56. The zero-order valence-electron chi connectivity index (χ0n) is 17.7. The highest BCUT2D eigenvalue weighted by atomic mass is 32.2. The summed E-state index contributed by atoms with van der Waals surface area (Å²) < 4.78 is 62.4. The molecule has 0 atom stereocenters. The van der Waals surface area contributed by atoms with Crippen molar-refractivity contribution in [1.82, 2.24) is 18.7 Å². The van der Waals surface area contributed by atoms with Gasteiger partial charge in [-0.15, -0.1) is 10.2 Å². The highest BCUT2D eigenvalue weighted by molar-refractivity contribution is 7.97. The predicted octanol–water partition coefficient (Wildman–Crippen LogP) is 6.20. The Morgan fingerprint density at radius 1 is 1.09 bits per heavy atom. The third-order valence-electron chi connectivity index (χ3n) is 5.78. The molecule has 32 heavy (non-hydrogen) atoms. The molecule has 4 aromatic rings. The fourth-order valence-corrected chi connectivity index (χ4v) is 4.95. The van der Waals surface area contributed by atoms with Gasteiger partial charge in [-0.25, -0.2) is 17.6 Å². The lowest BCUT2D eigenvalue weighted by Gasteiger charge is -2.35. The van der Waals surface area contributed by atoms with Crippen LogP contribution in [-0.4, -0.2) is 25.0 Å². The van der Waals surface area contributed by atoms with Crippen molar-refractivity contribution in [3.8, 4) is 16.8 Å². The molecule has 0 fully saturated rings. The number of nitrogens with one attached hydrogen (secondary N) is 1. The summed E-state index contributed by atoms with van der Waals surface area (Å²) in [7, 11) is 0. The standard InChI is InChI=1S/C22H19F4N5S/c1-10-28-29-21-22(2,3)27-18-15(24)9-14(17(20(25)26)19(18)31(10)21)13-7-11(23)8-16-12(13)5-6-30(16)32-4/h5-9,20,27H,1-4H3. The van der Waals surface area contributed by atoms with Crippen LogP contribution in [0.5, 0.6) is 0 Å². The summed E-state index contributed by atoms with van der Waals surface area (Å²) in [6.45, 7) is 5.17. The van der Waals surface area contributed by atoms with Gasteiger partial charge in [0.05, 0.1) is 28.0 Å². The van der Waals surface area contributed by atoms with Crippen LogP contribution in [0.2, 0.25) is 0 Å². The van der Waals surface area contributed by atoms with E-state index in [1.807, 2.05) is 6.26 Å². The average Bonchev–Trinajstić information content (AvgIpc) is 3.31. The molecule has 0 amide bonds. The number of hydrogen-bond acceptors (Lipinski definition) is 4. The molecule has 0 spiro atoms. The van der Waals surface area contributed by atoms with Crippen LogP contribution in [-0.2, 0) is 5.54 Å². The van der Waals surface area contributed by atoms with Gasteiger partial charge in [0.2, 0.25) is 0 Å². The lowest BCUT2D eigenvalue weighted by Crippen LogP contribution is -2.37. The molecule has 2 aromatic carbocycles. The minimum Gasteiger partial charge on any atom is -0.369 e. The summed E-state index contributed by atoms with van der Waals surface area (Å²) in [5.74, 6) is -0.570. The minimum absolute atomic E-state index is 0.0477. The molecular formula is C22H19F4N5S. The van der Waals surface area contributed by atoms with E-state index < -0.39 is 29.2 Å². The van der Waals surface area contributed by atoms with Gasteiger partial charge < -0.3 is 5.32 Å². The number of halogens is 4. The number of fused-ring (bicyclic) bond motifs is 4. The van der Waals surface area contributed by atoms with Crippen LogP contribution in [0.25, 0.3) is 27.7 Å². The molecule has 0 unspecified atom stereocenters. The van der Waals surface area contributed by atoms with Crippen molar-refractivity contribution in [3.63, 3.8) is 0 Å². The number of aromatic nitrogens is 4.